The summed E-state index contributed by atoms with van der Waals surface area (Å²) < 4.78 is 21.8. The molecule has 186 valence electrons. The Bertz CT molecular complexity index is 794. The minimum Gasteiger partial charge on any atom is -0.462 e. The van der Waals surface area contributed by atoms with Crippen LogP contribution in [0.3, 0.4) is 0 Å². The number of amides is 1. The molecule has 3 rings (SSSR count). The molecule has 1 amide bonds. The standard InChI is InChI=1S/C20H29NO12/c21-12(23)5-8-3-1-2-4-9(8)31-20-18(29)16(27)14(25)11(33-20)7-30-19-17(28)15(26)13(24)10(6-22)32-19/h1-4,10-11,13-20,22,24-29H,5-7H2,(H2,21,23)/t10-,11-,13-,14-,15+,16+,17-,18-,19-,20-/m1/s1. The van der Waals surface area contributed by atoms with Gasteiger partial charge >= 0.3 is 0 Å². The minimum atomic E-state index is -1.70. The van der Waals surface area contributed by atoms with E-state index >= 15 is 0 Å². The molecular formula is C20H29NO12. The normalized spacial score (nSPS) is 39.2. The molecule has 33 heavy (non-hydrogen) atoms. The highest BCUT2D eigenvalue weighted by Crippen LogP contribution is 2.28. The van der Waals surface area contributed by atoms with E-state index in [1.165, 1.54) is 6.07 Å². The molecule has 0 radical (unpaired) electrons. The number of aliphatic hydroxyl groups is 7. The van der Waals surface area contributed by atoms with Gasteiger partial charge in [0.15, 0.2) is 6.29 Å². The van der Waals surface area contributed by atoms with Crippen molar-refractivity contribution < 1.29 is 59.5 Å². The average Bonchev–Trinajstić information content (AvgIpc) is 2.79. The number of ether oxygens (including phenoxy) is 4. The molecule has 2 fully saturated rings. The summed E-state index contributed by atoms with van der Waals surface area (Å²) in [5.41, 5.74) is 5.64. The third-order valence-electron chi connectivity index (χ3n) is 5.52. The first-order valence-corrected chi connectivity index (χ1v) is 10.3. The third-order valence-corrected chi connectivity index (χ3v) is 5.52. The van der Waals surface area contributed by atoms with Crippen molar-refractivity contribution in [3.63, 3.8) is 0 Å². The molecule has 9 N–H and O–H groups in total. The van der Waals surface area contributed by atoms with E-state index in [1.54, 1.807) is 18.2 Å². The lowest BCUT2D eigenvalue weighted by molar-refractivity contribution is -0.323. The van der Waals surface area contributed by atoms with E-state index in [2.05, 4.69) is 0 Å². The van der Waals surface area contributed by atoms with Crippen molar-refractivity contribution in [3.8, 4) is 5.75 Å². The van der Waals surface area contributed by atoms with Gasteiger partial charge in [0.1, 0.15) is 54.6 Å². The van der Waals surface area contributed by atoms with Crippen LogP contribution in [-0.2, 0) is 25.4 Å². The van der Waals surface area contributed by atoms with Crippen LogP contribution >= 0.6 is 0 Å². The zero-order chi connectivity index (χ0) is 24.3. The molecule has 0 aliphatic carbocycles. The number of carbonyl (C=O) groups is 1. The summed E-state index contributed by atoms with van der Waals surface area (Å²) in [7, 11) is 0. The summed E-state index contributed by atoms with van der Waals surface area (Å²) in [6, 6.07) is 6.35. The van der Waals surface area contributed by atoms with Gasteiger partial charge in [-0.05, 0) is 6.07 Å². The highest BCUT2D eigenvalue weighted by molar-refractivity contribution is 5.77. The predicted molar refractivity (Wildman–Crippen MR) is 106 cm³/mol. The monoisotopic (exact) mass is 475 g/mol. The van der Waals surface area contributed by atoms with Crippen LogP contribution in [0.25, 0.3) is 0 Å². The number of primary amides is 1. The lowest BCUT2D eigenvalue weighted by atomic mass is 9.98. The van der Waals surface area contributed by atoms with Crippen LogP contribution in [0.1, 0.15) is 5.56 Å². The molecule has 2 heterocycles. The Morgan fingerprint density at radius 3 is 2.06 bits per heavy atom. The van der Waals surface area contributed by atoms with E-state index in [0.717, 1.165) is 0 Å². The van der Waals surface area contributed by atoms with Crippen molar-refractivity contribution in [1.82, 2.24) is 0 Å². The minimum absolute atomic E-state index is 0.145. The molecule has 13 heteroatoms. The van der Waals surface area contributed by atoms with Gasteiger partial charge in [-0.15, -0.1) is 0 Å². The fraction of sp³-hybridized carbons (Fsp3) is 0.650. The van der Waals surface area contributed by atoms with Crippen molar-refractivity contribution >= 4 is 5.91 Å². The Morgan fingerprint density at radius 1 is 0.848 bits per heavy atom. The summed E-state index contributed by atoms with van der Waals surface area (Å²) >= 11 is 0. The van der Waals surface area contributed by atoms with Crippen LogP contribution in [0.4, 0.5) is 0 Å². The largest absolute Gasteiger partial charge is 0.462 e. The van der Waals surface area contributed by atoms with Crippen molar-refractivity contribution in [2.24, 2.45) is 5.73 Å². The Balaban J connectivity index is 1.68. The number of nitrogens with two attached hydrogens (primary N) is 1. The maximum absolute atomic E-state index is 11.3. The number of hydrogen-bond donors (Lipinski definition) is 8. The van der Waals surface area contributed by atoms with Crippen LogP contribution in [-0.4, -0.2) is 116 Å². The van der Waals surface area contributed by atoms with Gasteiger partial charge in [-0.3, -0.25) is 4.79 Å². The zero-order valence-electron chi connectivity index (χ0n) is 17.5. The number of carbonyl (C=O) groups excluding carboxylic acids is 1. The Morgan fingerprint density at radius 2 is 1.42 bits per heavy atom. The first-order valence-electron chi connectivity index (χ1n) is 10.3. The molecule has 0 spiro atoms. The second-order valence-electron chi connectivity index (χ2n) is 7.91. The maximum atomic E-state index is 11.3. The predicted octanol–water partition coefficient (Wildman–Crippen LogP) is -4.28. The summed E-state index contributed by atoms with van der Waals surface area (Å²) in [4.78, 5) is 11.3. The van der Waals surface area contributed by atoms with Gasteiger partial charge in [-0.2, -0.15) is 0 Å². The third kappa shape index (κ3) is 5.78. The molecular weight excluding hydrogens is 446 g/mol. The van der Waals surface area contributed by atoms with E-state index in [9.17, 15) is 40.5 Å². The molecule has 0 unspecified atom stereocenters. The van der Waals surface area contributed by atoms with Gasteiger partial charge in [0.25, 0.3) is 0 Å². The molecule has 1 aromatic carbocycles. The fourth-order valence-corrected chi connectivity index (χ4v) is 3.62. The topological polar surface area (TPSA) is 222 Å². The number of rotatable bonds is 8. The van der Waals surface area contributed by atoms with Crippen LogP contribution in [0, 0.1) is 0 Å². The fourth-order valence-electron chi connectivity index (χ4n) is 3.62. The van der Waals surface area contributed by atoms with Gasteiger partial charge in [0.2, 0.25) is 12.2 Å². The van der Waals surface area contributed by atoms with E-state index < -0.39 is 80.5 Å². The molecule has 0 saturated carbocycles. The smallest absolute Gasteiger partial charge is 0.229 e. The van der Waals surface area contributed by atoms with Crippen molar-refractivity contribution in [2.75, 3.05) is 13.2 Å². The van der Waals surface area contributed by atoms with Crippen LogP contribution in [0.5, 0.6) is 5.75 Å². The molecule has 2 aliphatic rings. The molecule has 2 saturated heterocycles. The number of hydrogen-bond acceptors (Lipinski definition) is 12. The van der Waals surface area contributed by atoms with Crippen molar-refractivity contribution in [3.05, 3.63) is 29.8 Å². The Kier molecular flexibility index (Phi) is 8.58. The summed E-state index contributed by atoms with van der Waals surface area (Å²) in [6.45, 7) is -1.14. The highest BCUT2D eigenvalue weighted by atomic mass is 16.7. The van der Waals surface area contributed by atoms with Gasteiger partial charge < -0.3 is 60.4 Å². The Hall–Kier alpha value is -1.91. The number of aliphatic hydroxyl groups excluding tert-OH is 7. The molecule has 13 nitrogen and oxygen atoms in total. The SMILES string of the molecule is NC(=O)Cc1ccccc1O[C@@H]1O[C@H](CO[C@@H]2O[C@H](CO)[C@@H](O)[C@H](O)[C@H]2O)[C@@H](O)[C@H](O)[C@H]1O. The highest BCUT2D eigenvalue weighted by Gasteiger charge is 2.47. The number of benzene rings is 1. The quantitative estimate of drug-likeness (QED) is 0.179. The lowest BCUT2D eigenvalue weighted by Gasteiger charge is -2.42. The van der Waals surface area contributed by atoms with Crippen LogP contribution in [0.15, 0.2) is 24.3 Å². The molecule has 10 atom stereocenters. The summed E-state index contributed by atoms with van der Waals surface area (Å²) in [5, 5.41) is 69.8. The average molecular weight is 475 g/mol. The van der Waals surface area contributed by atoms with Gasteiger partial charge in [-0.1, -0.05) is 18.2 Å². The molecule has 2 aliphatic heterocycles. The van der Waals surface area contributed by atoms with E-state index in [-0.39, 0.29) is 12.2 Å². The summed E-state index contributed by atoms with van der Waals surface area (Å²) in [6.07, 6.45) is -15.5. The van der Waals surface area contributed by atoms with Crippen molar-refractivity contribution in [2.45, 2.75) is 67.8 Å². The van der Waals surface area contributed by atoms with Crippen molar-refractivity contribution in [1.29, 1.82) is 0 Å². The molecule has 0 aromatic heterocycles. The van der Waals surface area contributed by atoms with E-state index in [4.69, 9.17) is 24.7 Å². The number of para-hydroxylation sites is 1. The van der Waals surface area contributed by atoms with Crippen LogP contribution in [0.2, 0.25) is 0 Å². The lowest BCUT2D eigenvalue weighted by Crippen LogP contribution is -2.62. The van der Waals surface area contributed by atoms with E-state index in [1.807, 2.05) is 0 Å². The second kappa shape index (κ2) is 11.0. The second-order valence-corrected chi connectivity index (χ2v) is 7.91. The van der Waals surface area contributed by atoms with Gasteiger partial charge in [-0.25, -0.2) is 0 Å². The zero-order valence-corrected chi connectivity index (χ0v) is 17.5. The summed E-state index contributed by atoms with van der Waals surface area (Å²) in [5.74, 6) is -0.449. The van der Waals surface area contributed by atoms with Gasteiger partial charge in [0.05, 0.1) is 19.6 Å². The van der Waals surface area contributed by atoms with Crippen LogP contribution < -0.4 is 10.5 Å². The molecule has 0 bridgehead atoms. The first kappa shape index (κ1) is 25.7. The Labute approximate surface area is 188 Å². The van der Waals surface area contributed by atoms with Gasteiger partial charge in [0, 0.05) is 5.56 Å². The molecule has 1 aromatic rings. The maximum Gasteiger partial charge on any atom is 0.229 e. The first-order chi connectivity index (χ1) is 15.6. The van der Waals surface area contributed by atoms with E-state index in [0.29, 0.717) is 5.56 Å².